The van der Waals surface area contributed by atoms with Gasteiger partial charge in [0.15, 0.2) is 11.0 Å². The van der Waals surface area contributed by atoms with Gasteiger partial charge >= 0.3 is 5.97 Å². The molecule has 0 saturated carbocycles. The van der Waals surface area contributed by atoms with Crippen molar-refractivity contribution in [3.63, 3.8) is 0 Å². The summed E-state index contributed by atoms with van der Waals surface area (Å²) in [5, 5.41) is 16.8. The maximum atomic E-state index is 13.4. The smallest absolute Gasteiger partial charge is 0.341 e. The Hall–Kier alpha value is -3.02. The van der Waals surface area contributed by atoms with Gasteiger partial charge in [-0.1, -0.05) is 30.8 Å². The first-order valence-electron chi connectivity index (χ1n) is 12.7. The number of hydrogen-bond donors (Lipinski definition) is 1. The molecule has 1 atom stereocenters. The Balaban J connectivity index is 1.34. The molecule has 1 unspecified atom stereocenters. The lowest BCUT2D eigenvalue weighted by atomic mass is 9.88. The lowest BCUT2D eigenvalue weighted by Crippen LogP contribution is -2.16. The monoisotopic (exact) mass is 584 g/mol. The number of rotatable bonds is 8. The Bertz CT molecular complexity index is 1510. The number of nitrogens with one attached hydrogen (secondary N) is 1. The predicted molar refractivity (Wildman–Crippen MR) is 155 cm³/mol. The highest BCUT2D eigenvalue weighted by Gasteiger charge is 2.26. The molecule has 1 aromatic carbocycles. The fourth-order valence-electron chi connectivity index (χ4n) is 4.78. The predicted octanol–water partition coefficient (Wildman–Crippen LogP) is 7.10. The molecule has 7 nitrogen and oxygen atoms in total. The van der Waals surface area contributed by atoms with Crippen LogP contribution in [0.15, 0.2) is 40.2 Å². The zero-order valence-corrected chi connectivity index (χ0v) is 24.6. The molecule has 5 rings (SSSR count). The zero-order valence-electron chi connectivity index (χ0n) is 22.1. The van der Waals surface area contributed by atoms with Crippen molar-refractivity contribution in [3.8, 4) is 22.5 Å². The van der Waals surface area contributed by atoms with Crippen LogP contribution in [0.2, 0.25) is 0 Å². The van der Waals surface area contributed by atoms with E-state index in [1.807, 2.05) is 0 Å². The molecular weight excluding hydrogens is 556 g/mol. The first-order chi connectivity index (χ1) is 18.8. The van der Waals surface area contributed by atoms with E-state index in [0.717, 1.165) is 24.2 Å². The maximum Gasteiger partial charge on any atom is 0.341 e. The molecule has 0 bridgehead atoms. The number of esters is 1. The summed E-state index contributed by atoms with van der Waals surface area (Å²) in [6, 6.07) is 5.95. The van der Waals surface area contributed by atoms with Crippen LogP contribution >= 0.6 is 34.4 Å². The lowest BCUT2D eigenvalue weighted by molar-refractivity contribution is -0.113. The van der Waals surface area contributed by atoms with Gasteiger partial charge in [-0.15, -0.1) is 32.9 Å². The molecule has 11 heteroatoms. The van der Waals surface area contributed by atoms with Crippen LogP contribution in [0.4, 0.5) is 9.39 Å². The summed E-state index contributed by atoms with van der Waals surface area (Å²) in [7, 11) is 1.29. The van der Waals surface area contributed by atoms with Crippen LogP contribution in [0.25, 0.3) is 22.5 Å². The summed E-state index contributed by atoms with van der Waals surface area (Å²) < 4.78 is 20.5. The number of ether oxygens (including phenoxy) is 1. The number of carbonyl (C=O) groups is 2. The van der Waals surface area contributed by atoms with Gasteiger partial charge in [-0.3, -0.25) is 9.36 Å². The normalized spacial score (nSPS) is 14.9. The minimum Gasteiger partial charge on any atom is -0.465 e. The van der Waals surface area contributed by atoms with Crippen molar-refractivity contribution in [2.24, 2.45) is 5.92 Å². The largest absolute Gasteiger partial charge is 0.465 e. The molecule has 0 aliphatic heterocycles. The summed E-state index contributed by atoms with van der Waals surface area (Å²) in [5.41, 5.74) is 4.01. The summed E-state index contributed by atoms with van der Waals surface area (Å²) >= 11 is 4.33. The number of nitrogens with zero attached hydrogens (tertiary/aromatic N) is 3. The zero-order chi connectivity index (χ0) is 27.7. The molecule has 1 aliphatic carbocycles. The standard InChI is InChI=1S/C28H29FN4O3S3/c1-15(2)33-25(21-13-37-22-11-16(3)5-10-19(21)22)31-32-28(33)39-14-23(34)30-26-24(27(35)36-4)20(12-38-26)17-6-8-18(29)9-7-17/h6-9,12-13,15-16H,5,10-11,14H2,1-4H3,(H,30,34). The molecule has 0 saturated heterocycles. The molecule has 1 amide bonds. The molecule has 3 aromatic heterocycles. The quantitative estimate of drug-likeness (QED) is 0.176. The topological polar surface area (TPSA) is 86.1 Å². The number of halogens is 1. The van der Waals surface area contributed by atoms with Crippen molar-refractivity contribution in [1.29, 1.82) is 0 Å². The van der Waals surface area contributed by atoms with E-state index in [0.29, 0.717) is 27.2 Å². The average molecular weight is 585 g/mol. The number of thioether (sulfide) groups is 1. The molecular formula is C28H29FN4O3S3. The van der Waals surface area contributed by atoms with E-state index in [4.69, 9.17) is 4.74 Å². The second-order valence-electron chi connectivity index (χ2n) is 9.86. The highest BCUT2D eigenvalue weighted by molar-refractivity contribution is 7.99. The van der Waals surface area contributed by atoms with Crippen molar-refractivity contribution in [2.75, 3.05) is 18.2 Å². The average Bonchev–Trinajstić information content (AvgIpc) is 3.63. The van der Waals surface area contributed by atoms with Crippen LogP contribution in [0.3, 0.4) is 0 Å². The fraction of sp³-hybridized carbons (Fsp3) is 0.357. The van der Waals surface area contributed by atoms with Gasteiger partial charge in [0.2, 0.25) is 5.91 Å². The van der Waals surface area contributed by atoms with Gasteiger partial charge in [0.05, 0.1) is 12.9 Å². The number of amides is 1. The number of benzene rings is 1. The summed E-state index contributed by atoms with van der Waals surface area (Å²) in [4.78, 5) is 27.0. The molecule has 3 heterocycles. The second-order valence-corrected chi connectivity index (χ2v) is 12.6. The van der Waals surface area contributed by atoms with E-state index in [9.17, 15) is 14.0 Å². The molecule has 204 valence electrons. The lowest BCUT2D eigenvalue weighted by Gasteiger charge is -2.19. The van der Waals surface area contributed by atoms with Crippen molar-refractivity contribution in [1.82, 2.24) is 14.8 Å². The van der Waals surface area contributed by atoms with E-state index in [2.05, 4.69) is 46.2 Å². The Morgan fingerprint density at radius 1 is 1.18 bits per heavy atom. The molecule has 39 heavy (non-hydrogen) atoms. The Kier molecular flexibility index (Phi) is 8.20. The highest BCUT2D eigenvalue weighted by atomic mass is 32.2. The van der Waals surface area contributed by atoms with Crippen LogP contribution in [-0.4, -0.2) is 39.5 Å². The Morgan fingerprint density at radius 3 is 2.64 bits per heavy atom. The summed E-state index contributed by atoms with van der Waals surface area (Å²) in [6.07, 6.45) is 3.33. The first-order valence-corrected chi connectivity index (χ1v) is 15.4. The third-order valence-electron chi connectivity index (χ3n) is 6.74. The van der Waals surface area contributed by atoms with Crippen molar-refractivity contribution in [2.45, 2.75) is 51.2 Å². The van der Waals surface area contributed by atoms with Crippen molar-refractivity contribution < 1.29 is 18.7 Å². The number of carbonyl (C=O) groups excluding carboxylic acids is 2. The van der Waals surface area contributed by atoms with Crippen molar-refractivity contribution >= 4 is 51.3 Å². The van der Waals surface area contributed by atoms with Crippen LogP contribution in [-0.2, 0) is 22.4 Å². The summed E-state index contributed by atoms with van der Waals surface area (Å²) in [5.74, 6) is 0.413. The number of fused-ring (bicyclic) bond motifs is 1. The molecule has 4 aromatic rings. The number of aromatic nitrogens is 3. The number of anilines is 1. The van der Waals surface area contributed by atoms with Crippen LogP contribution < -0.4 is 5.32 Å². The van der Waals surface area contributed by atoms with Gasteiger partial charge in [0, 0.05) is 32.8 Å². The van der Waals surface area contributed by atoms with Crippen LogP contribution in [0, 0.1) is 11.7 Å². The minimum absolute atomic E-state index is 0.0918. The summed E-state index contributed by atoms with van der Waals surface area (Å²) in [6.45, 7) is 6.47. The minimum atomic E-state index is -0.573. The van der Waals surface area contributed by atoms with E-state index in [1.165, 1.54) is 59.2 Å². The van der Waals surface area contributed by atoms with Gasteiger partial charge in [0.1, 0.15) is 16.4 Å². The Labute approximate surface area is 238 Å². The van der Waals surface area contributed by atoms with Gasteiger partial charge in [0.25, 0.3) is 0 Å². The number of thiophene rings is 2. The molecule has 0 radical (unpaired) electrons. The molecule has 1 aliphatic rings. The second kappa shape index (κ2) is 11.6. The molecule has 1 N–H and O–H groups in total. The number of hydrogen-bond acceptors (Lipinski definition) is 8. The van der Waals surface area contributed by atoms with Gasteiger partial charge in [-0.2, -0.15) is 0 Å². The van der Waals surface area contributed by atoms with E-state index in [1.54, 1.807) is 28.8 Å². The van der Waals surface area contributed by atoms with Gasteiger partial charge < -0.3 is 10.1 Å². The highest BCUT2D eigenvalue weighted by Crippen LogP contribution is 2.40. The van der Waals surface area contributed by atoms with E-state index < -0.39 is 5.97 Å². The van der Waals surface area contributed by atoms with Crippen molar-refractivity contribution in [3.05, 3.63) is 56.8 Å². The van der Waals surface area contributed by atoms with E-state index in [-0.39, 0.29) is 29.1 Å². The van der Waals surface area contributed by atoms with Crippen LogP contribution in [0.1, 0.15) is 54.0 Å². The van der Waals surface area contributed by atoms with Gasteiger partial charge in [-0.25, -0.2) is 9.18 Å². The Morgan fingerprint density at radius 2 is 1.92 bits per heavy atom. The van der Waals surface area contributed by atoms with Crippen LogP contribution in [0.5, 0.6) is 0 Å². The first kappa shape index (κ1) is 27.5. The third-order valence-corrected chi connectivity index (χ3v) is 9.63. The van der Waals surface area contributed by atoms with E-state index >= 15 is 0 Å². The van der Waals surface area contributed by atoms with Gasteiger partial charge in [-0.05, 0) is 62.3 Å². The fourth-order valence-corrected chi connectivity index (χ4v) is 7.86. The third kappa shape index (κ3) is 5.66. The molecule has 0 spiro atoms. The maximum absolute atomic E-state index is 13.4. The molecule has 0 fully saturated rings. The SMILES string of the molecule is COC(=O)c1c(-c2ccc(F)cc2)csc1NC(=O)CSc1nnc(-c2csc3c2CCC(C)C3)n1C(C)C. The number of methoxy groups -OCH3 is 1.